The summed E-state index contributed by atoms with van der Waals surface area (Å²) >= 11 is 0. The quantitative estimate of drug-likeness (QED) is 0.574. The number of nitrogens with zero attached hydrogens (tertiary/aromatic N) is 2. The number of ether oxygens (including phenoxy) is 1. The van der Waals surface area contributed by atoms with Gasteiger partial charge in [0.15, 0.2) is 0 Å². The highest BCUT2D eigenvalue weighted by molar-refractivity contribution is 6.36. The molecule has 0 saturated heterocycles. The molecule has 0 spiro atoms. The molecule has 0 aliphatic heterocycles. The molecule has 2 amide bonds. The summed E-state index contributed by atoms with van der Waals surface area (Å²) in [5.41, 5.74) is 0.00545. The van der Waals surface area contributed by atoms with Crippen molar-refractivity contribution < 1.29 is 24.2 Å². The van der Waals surface area contributed by atoms with Crippen LogP contribution in [0.15, 0.2) is 17.3 Å². The number of carbonyl (C=O) groups excluding carboxylic acids is 2. The van der Waals surface area contributed by atoms with E-state index in [1.807, 2.05) is 5.32 Å². The molecule has 0 bridgehead atoms. The fourth-order valence-electron chi connectivity index (χ4n) is 1.11. The average molecular weight is 251 g/mol. The molecule has 1 aromatic rings. The topological polar surface area (TPSA) is 118 Å². The Bertz CT molecular complexity index is 526. The molecule has 0 radical (unpaired) electrons. The number of nitrogens with one attached hydrogen (secondary N) is 1. The second-order valence-electron chi connectivity index (χ2n) is 3.00. The Kier molecular flexibility index (Phi) is 4.08. The lowest BCUT2D eigenvalue weighted by Crippen LogP contribution is -2.22. The minimum atomic E-state index is -1.65. The van der Waals surface area contributed by atoms with Gasteiger partial charge in [-0.15, -0.1) is 0 Å². The van der Waals surface area contributed by atoms with E-state index in [0.29, 0.717) is 0 Å². The predicted molar refractivity (Wildman–Crippen MR) is 60.9 cm³/mol. The van der Waals surface area contributed by atoms with Gasteiger partial charge in [0.05, 0.1) is 19.0 Å². The molecule has 94 valence electrons. The van der Waals surface area contributed by atoms with Gasteiger partial charge < -0.3 is 15.2 Å². The van der Waals surface area contributed by atoms with E-state index in [-0.39, 0.29) is 17.1 Å². The normalized spacial score (nSPS) is 9.39. The minimum Gasteiger partial charge on any atom is -0.480 e. The maximum Gasteiger partial charge on any atom is 0.394 e. The maximum atomic E-state index is 11.4. The Hall–Kier alpha value is -2.77. The van der Waals surface area contributed by atoms with Crippen LogP contribution in [0.5, 0.6) is 5.88 Å². The first-order valence-electron chi connectivity index (χ1n) is 4.59. The number of anilines is 1. The van der Waals surface area contributed by atoms with E-state index >= 15 is 0 Å². The molecule has 0 unspecified atom stereocenters. The maximum absolute atomic E-state index is 11.4. The van der Waals surface area contributed by atoms with Gasteiger partial charge >= 0.3 is 11.9 Å². The second-order valence-corrected chi connectivity index (χ2v) is 3.00. The molecule has 0 aliphatic rings. The van der Waals surface area contributed by atoms with Gasteiger partial charge in [-0.1, -0.05) is 0 Å². The average Bonchev–Trinajstić information content (AvgIpc) is 2.37. The molecule has 0 aromatic carbocycles. The Morgan fingerprint density at radius 2 is 2.17 bits per heavy atom. The fraction of sp³-hybridized carbons (Fsp3) is 0.100. The minimum absolute atomic E-state index is 0.000670. The molecular formula is C10H9N3O5. The first-order chi connectivity index (χ1) is 8.49. The number of methoxy groups -OCH3 is 1. The van der Waals surface area contributed by atoms with Crippen LogP contribution in [0.25, 0.3) is 0 Å². The largest absolute Gasteiger partial charge is 0.480 e. The molecule has 0 saturated carbocycles. The zero-order chi connectivity index (χ0) is 13.7. The van der Waals surface area contributed by atoms with Gasteiger partial charge in [-0.05, 0) is 12.8 Å². The third kappa shape index (κ3) is 2.88. The van der Waals surface area contributed by atoms with E-state index in [1.165, 1.54) is 13.2 Å². The van der Waals surface area contributed by atoms with Crippen molar-refractivity contribution in [2.45, 2.75) is 0 Å². The van der Waals surface area contributed by atoms with Crippen molar-refractivity contribution in [3.63, 3.8) is 0 Å². The molecule has 18 heavy (non-hydrogen) atoms. The molecule has 0 atom stereocenters. The Labute approximate surface area is 101 Å². The molecule has 8 heteroatoms. The number of carboxylic acid groups (broad SMARTS) is 1. The Balaban J connectivity index is 3.10. The lowest BCUT2D eigenvalue weighted by Gasteiger charge is -2.07. The third-order valence-electron chi connectivity index (χ3n) is 1.87. The van der Waals surface area contributed by atoms with E-state index in [2.05, 4.69) is 16.7 Å². The first-order valence-corrected chi connectivity index (χ1v) is 4.59. The summed E-state index contributed by atoms with van der Waals surface area (Å²) in [6, 6.07) is 1.20. The number of carbonyl (C=O) groups is 3. The van der Waals surface area contributed by atoms with Crippen LogP contribution in [0, 0.1) is 0 Å². The first kappa shape index (κ1) is 13.3. The van der Waals surface area contributed by atoms with Crippen molar-refractivity contribution in [3.8, 4) is 5.88 Å². The summed E-state index contributed by atoms with van der Waals surface area (Å²) in [4.78, 5) is 39.6. The lowest BCUT2D eigenvalue weighted by atomic mass is 10.2. The fourth-order valence-corrected chi connectivity index (χ4v) is 1.11. The molecule has 1 rings (SSSR count). The van der Waals surface area contributed by atoms with E-state index < -0.39 is 17.8 Å². The van der Waals surface area contributed by atoms with Crippen LogP contribution >= 0.6 is 0 Å². The summed E-state index contributed by atoms with van der Waals surface area (Å²) in [5.74, 6) is -3.60. The van der Waals surface area contributed by atoms with Gasteiger partial charge in [0, 0.05) is 0 Å². The third-order valence-corrected chi connectivity index (χ3v) is 1.87. The van der Waals surface area contributed by atoms with Gasteiger partial charge in [-0.3, -0.25) is 9.59 Å². The molecule has 8 nitrogen and oxygen atoms in total. The van der Waals surface area contributed by atoms with Crippen LogP contribution in [-0.4, -0.2) is 41.7 Å². The number of amides is 2. The van der Waals surface area contributed by atoms with Crippen molar-refractivity contribution in [3.05, 3.63) is 17.8 Å². The second kappa shape index (κ2) is 5.53. The van der Waals surface area contributed by atoms with E-state index in [1.54, 1.807) is 0 Å². The summed E-state index contributed by atoms with van der Waals surface area (Å²) in [7, 11) is 1.30. The molecule has 0 fully saturated rings. The highest BCUT2D eigenvalue weighted by Crippen LogP contribution is 2.20. The number of carboxylic acids is 1. The number of aliphatic carboxylic acids is 1. The van der Waals surface area contributed by atoms with Crippen molar-refractivity contribution in [2.24, 2.45) is 4.99 Å². The molecule has 1 aromatic heterocycles. The van der Waals surface area contributed by atoms with Crippen LogP contribution < -0.4 is 10.1 Å². The van der Waals surface area contributed by atoms with Gasteiger partial charge in [-0.25, -0.2) is 14.8 Å². The Morgan fingerprint density at radius 1 is 1.50 bits per heavy atom. The number of pyridine rings is 1. The molecule has 2 N–H and O–H groups in total. The zero-order valence-electron chi connectivity index (χ0n) is 9.34. The van der Waals surface area contributed by atoms with E-state index in [4.69, 9.17) is 9.84 Å². The van der Waals surface area contributed by atoms with Crippen molar-refractivity contribution in [2.75, 3.05) is 12.4 Å². The summed E-state index contributed by atoms with van der Waals surface area (Å²) in [6.45, 7) is 3.07. The summed E-state index contributed by atoms with van der Waals surface area (Å²) < 4.78 is 4.83. The van der Waals surface area contributed by atoms with Gasteiger partial charge in [-0.2, -0.15) is 0 Å². The zero-order valence-corrected chi connectivity index (χ0v) is 9.34. The number of aromatic nitrogens is 1. The van der Waals surface area contributed by atoms with Gasteiger partial charge in [0.1, 0.15) is 5.56 Å². The van der Waals surface area contributed by atoms with Crippen molar-refractivity contribution in [1.29, 1.82) is 0 Å². The summed E-state index contributed by atoms with van der Waals surface area (Å²) in [6.07, 6.45) is 1.15. The molecular weight excluding hydrogens is 242 g/mol. The van der Waals surface area contributed by atoms with Crippen molar-refractivity contribution in [1.82, 2.24) is 4.98 Å². The van der Waals surface area contributed by atoms with Gasteiger partial charge in [0.2, 0.25) is 5.88 Å². The number of hydrogen-bond donors (Lipinski definition) is 2. The SMILES string of the molecule is C=NC(=O)c1cc(NC(=O)C(=O)O)cnc1OC. The van der Waals surface area contributed by atoms with E-state index in [9.17, 15) is 14.4 Å². The van der Waals surface area contributed by atoms with Crippen LogP contribution in [-0.2, 0) is 9.59 Å². The number of rotatable bonds is 3. The highest BCUT2D eigenvalue weighted by Gasteiger charge is 2.16. The Morgan fingerprint density at radius 3 is 2.67 bits per heavy atom. The predicted octanol–water partition coefficient (Wildman–Crippen LogP) is -0.0459. The van der Waals surface area contributed by atoms with Crippen molar-refractivity contribution >= 4 is 30.2 Å². The van der Waals surface area contributed by atoms with Crippen LogP contribution in [0.2, 0.25) is 0 Å². The van der Waals surface area contributed by atoms with Gasteiger partial charge in [0.25, 0.3) is 5.91 Å². The van der Waals surface area contributed by atoms with Crippen LogP contribution in [0.3, 0.4) is 0 Å². The molecule has 0 aliphatic carbocycles. The highest BCUT2D eigenvalue weighted by atomic mass is 16.5. The van der Waals surface area contributed by atoms with Crippen LogP contribution in [0.1, 0.15) is 10.4 Å². The molecule has 1 heterocycles. The number of aliphatic imine (C=N–C) groups is 1. The standard InChI is InChI=1S/C10H9N3O5/c1-11-7(14)6-3-5(4-12-9(6)18-2)13-8(15)10(16)17/h3-4H,1H2,2H3,(H,13,15)(H,16,17). The number of hydrogen-bond acceptors (Lipinski definition) is 5. The smallest absolute Gasteiger partial charge is 0.394 e. The monoisotopic (exact) mass is 251 g/mol. The van der Waals surface area contributed by atoms with Crippen LogP contribution in [0.4, 0.5) is 5.69 Å². The summed E-state index contributed by atoms with van der Waals surface area (Å²) in [5, 5.41) is 10.5. The van der Waals surface area contributed by atoms with E-state index in [0.717, 1.165) is 6.20 Å². The lowest BCUT2D eigenvalue weighted by molar-refractivity contribution is -0.147.